The lowest BCUT2D eigenvalue weighted by atomic mass is 10.0. The van der Waals surface area contributed by atoms with Gasteiger partial charge in [-0.15, -0.1) is 0 Å². The molecule has 0 aromatic heterocycles. The number of piperazine rings is 1. The summed E-state index contributed by atoms with van der Waals surface area (Å²) >= 11 is 0. The van der Waals surface area contributed by atoms with Gasteiger partial charge in [0.2, 0.25) is 0 Å². The van der Waals surface area contributed by atoms with Gasteiger partial charge >= 0.3 is 0 Å². The second-order valence-corrected chi connectivity index (χ2v) is 5.49. The van der Waals surface area contributed by atoms with Crippen LogP contribution < -0.4 is 5.32 Å². The first-order valence-corrected chi connectivity index (χ1v) is 7.31. The van der Waals surface area contributed by atoms with Crippen LogP contribution in [0.1, 0.15) is 32.3 Å². The normalized spacial score (nSPS) is 25.2. The topological polar surface area (TPSA) is 15.3 Å². The van der Waals surface area contributed by atoms with Crippen LogP contribution in [0.4, 0.5) is 0 Å². The molecule has 2 nitrogen and oxygen atoms in total. The summed E-state index contributed by atoms with van der Waals surface area (Å²) in [7, 11) is 0. The van der Waals surface area contributed by atoms with Crippen LogP contribution >= 0.6 is 0 Å². The minimum atomic E-state index is 0.612. The Labute approximate surface area is 111 Å². The predicted octanol–water partition coefficient (Wildman–Crippen LogP) is 2.69. The Bertz CT molecular complexity index is 336. The van der Waals surface area contributed by atoms with E-state index in [9.17, 15) is 0 Å². The Morgan fingerprint density at radius 1 is 1.28 bits per heavy atom. The Balaban J connectivity index is 1.87. The van der Waals surface area contributed by atoms with Gasteiger partial charge in [0.25, 0.3) is 0 Å². The number of rotatable bonds is 5. The molecule has 0 spiro atoms. The summed E-state index contributed by atoms with van der Waals surface area (Å²) in [5, 5.41) is 3.68. The minimum Gasteiger partial charge on any atom is -0.311 e. The third kappa shape index (κ3) is 3.82. The smallest absolute Gasteiger partial charge is 0.0236 e. The van der Waals surface area contributed by atoms with Crippen molar-refractivity contribution in [1.29, 1.82) is 0 Å². The molecule has 2 rings (SSSR count). The Hall–Kier alpha value is -0.860. The second kappa shape index (κ2) is 6.91. The maximum absolute atomic E-state index is 3.68. The summed E-state index contributed by atoms with van der Waals surface area (Å²) in [6.45, 7) is 8.18. The van der Waals surface area contributed by atoms with Gasteiger partial charge in [0, 0.05) is 25.2 Å². The zero-order valence-corrected chi connectivity index (χ0v) is 11.7. The van der Waals surface area contributed by atoms with Gasteiger partial charge in [-0.05, 0) is 31.9 Å². The minimum absolute atomic E-state index is 0.612. The van der Waals surface area contributed by atoms with Crippen LogP contribution in [-0.2, 0) is 6.42 Å². The fraction of sp³-hybridized carbons (Fsp3) is 0.625. The van der Waals surface area contributed by atoms with Crippen molar-refractivity contribution in [3.05, 3.63) is 35.9 Å². The molecule has 18 heavy (non-hydrogen) atoms. The molecule has 100 valence electrons. The van der Waals surface area contributed by atoms with Gasteiger partial charge in [-0.2, -0.15) is 0 Å². The van der Waals surface area contributed by atoms with Crippen molar-refractivity contribution < 1.29 is 0 Å². The molecule has 1 aromatic rings. The van der Waals surface area contributed by atoms with Gasteiger partial charge in [-0.1, -0.05) is 43.7 Å². The molecule has 0 radical (unpaired) electrons. The Morgan fingerprint density at radius 3 is 2.78 bits per heavy atom. The molecule has 1 N–H and O–H groups in total. The first-order chi connectivity index (χ1) is 8.79. The van der Waals surface area contributed by atoms with Crippen molar-refractivity contribution in [2.75, 3.05) is 19.6 Å². The van der Waals surface area contributed by atoms with Crippen molar-refractivity contribution in [1.82, 2.24) is 10.2 Å². The van der Waals surface area contributed by atoms with Gasteiger partial charge < -0.3 is 5.32 Å². The van der Waals surface area contributed by atoms with E-state index < -0.39 is 0 Å². The van der Waals surface area contributed by atoms with Crippen LogP contribution in [0.25, 0.3) is 0 Å². The van der Waals surface area contributed by atoms with Crippen LogP contribution in [0.5, 0.6) is 0 Å². The van der Waals surface area contributed by atoms with Crippen LogP contribution in [0.3, 0.4) is 0 Å². The molecule has 0 amide bonds. The standard InChI is InChI=1S/C16H26N2/c1-3-4-10-18-13-16(17-12-14(18)2)11-15-8-6-5-7-9-15/h5-9,14,16-17H,3-4,10-13H2,1-2H3. The number of benzene rings is 1. The molecule has 0 bridgehead atoms. The van der Waals surface area contributed by atoms with E-state index in [-0.39, 0.29) is 0 Å². The number of unbranched alkanes of at least 4 members (excludes halogenated alkanes) is 1. The summed E-state index contributed by atoms with van der Waals surface area (Å²) in [4.78, 5) is 2.65. The Morgan fingerprint density at radius 2 is 2.06 bits per heavy atom. The van der Waals surface area contributed by atoms with Crippen LogP contribution in [0.15, 0.2) is 30.3 Å². The van der Waals surface area contributed by atoms with Gasteiger partial charge in [0.05, 0.1) is 0 Å². The maximum atomic E-state index is 3.68. The third-order valence-electron chi connectivity index (χ3n) is 3.90. The quantitative estimate of drug-likeness (QED) is 0.859. The summed E-state index contributed by atoms with van der Waals surface area (Å²) in [6.07, 6.45) is 3.76. The molecule has 1 saturated heterocycles. The molecule has 1 heterocycles. The number of nitrogens with zero attached hydrogens (tertiary/aromatic N) is 1. The molecule has 1 fully saturated rings. The van der Waals surface area contributed by atoms with E-state index in [1.807, 2.05) is 0 Å². The summed E-state index contributed by atoms with van der Waals surface area (Å²) < 4.78 is 0. The number of hydrogen-bond acceptors (Lipinski definition) is 2. The molecule has 0 saturated carbocycles. The maximum Gasteiger partial charge on any atom is 0.0236 e. The van der Waals surface area contributed by atoms with E-state index in [1.54, 1.807) is 0 Å². The highest BCUT2D eigenvalue weighted by Gasteiger charge is 2.24. The molecule has 1 aliphatic heterocycles. The van der Waals surface area contributed by atoms with Crippen LogP contribution in [-0.4, -0.2) is 36.6 Å². The second-order valence-electron chi connectivity index (χ2n) is 5.49. The average Bonchev–Trinajstić information content (AvgIpc) is 2.40. The van der Waals surface area contributed by atoms with E-state index >= 15 is 0 Å². The zero-order chi connectivity index (χ0) is 12.8. The highest BCUT2D eigenvalue weighted by molar-refractivity contribution is 5.16. The molecule has 0 aliphatic carbocycles. The summed E-state index contributed by atoms with van der Waals surface area (Å²) in [5.74, 6) is 0. The summed E-state index contributed by atoms with van der Waals surface area (Å²) in [5.41, 5.74) is 1.44. The van der Waals surface area contributed by atoms with Crippen molar-refractivity contribution in [2.45, 2.75) is 45.2 Å². The molecule has 1 aromatic carbocycles. The molecule has 2 heteroatoms. The fourth-order valence-corrected chi connectivity index (χ4v) is 2.70. The lowest BCUT2D eigenvalue weighted by molar-refractivity contribution is 0.139. The highest BCUT2D eigenvalue weighted by Crippen LogP contribution is 2.12. The molecular weight excluding hydrogens is 220 g/mol. The van der Waals surface area contributed by atoms with Gasteiger partial charge in [-0.25, -0.2) is 0 Å². The van der Waals surface area contributed by atoms with Crippen LogP contribution in [0, 0.1) is 0 Å². The molecule has 2 atom stereocenters. The molecule has 2 unspecified atom stereocenters. The van der Waals surface area contributed by atoms with E-state index in [2.05, 4.69) is 54.4 Å². The van der Waals surface area contributed by atoms with Crippen molar-refractivity contribution in [3.63, 3.8) is 0 Å². The van der Waals surface area contributed by atoms with E-state index in [4.69, 9.17) is 0 Å². The third-order valence-corrected chi connectivity index (χ3v) is 3.90. The monoisotopic (exact) mass is 246 g/mol. The van der Waals surface area contributed by atoms with E-state index in [0.717, 1.165) is 13.0 Å². The Kier molecular flexibility index (Phi) is 5.21. The first kappa shape index (κ1) is 13.6. The van der Waals surface area contributed by atoms with E-state index in [0.29, 0.717) is 12.1 Å². The predicted molar refractivity (Wildman–Crippen MR) is 77.9 cm³/mol. The van der Waals surface area contributed by atoms with Crippen LogP contribution in [0.2, 0.25) is 0 Å². The fourth-order valence-electron chi connectivity index (χ4n) is 2.70. The van der Waals surface area contributed by atoms with E-state index in [1.165, 1.54) is 31.5 Å². The van der Waals surface area contributed by atoms with Gasteiger partial charge in [0.15, 0.2) is 0 Å². The lowest BCUT2D eigenvalue weighted by Gasteiger charge is -2.39. The van der Waals surface area contributed by atoms with Crippen molar-refractivity contribution in [2.24, 2.45) is 0 Å². The molecular formula is C16H26N2. The van der Waals surface area contributed by atoms with Gasteiger partial charge in [-0.3, -0.25) is 4.90 Å². The summed E-state index contributed by atoms with van der Waals surface area (Å²) in [6, 6.07) is 12.1. The zero-order valence-electron chi connectivity index (χ0n) is 11.7. The average molecular weight is 246 g/mol. The SMILES string of the molecule is CCCCN1CC(Cc2ccccc2)NCC1C. The number of hydrogen-bond donors (Lipinski definition) is 1. The number of nitrogens with one attached hydrogen (secondary N) is 1. The highest BCUT2D eigenvalue weighted by atomic mass is 15.2. The first-order valence-electron chi connectivity index (χ1n) is 7.31. The lowest BCUT2D eigenvalue weighted by Crippen LogP contribution is -2.56. The van der Waals surface area contributed by atoms with Gasteiger partial charge in [0.1, 0.15) is 0 Å². The van der Waals surface area contributed by atoms with Crippen molar-refractivity contribution in [3.8, 4) is 0 Å². The molecule has 1 aliphatic rings. The van der Waals surface area contributed by atoms with Crippen molar-refractivity contribution >= 4 is 0 Å². The largest absolute Gasteiger partial charge is 0.311 e.